The first-order valence-electron chi connectivity index (χ1n) is 5.84. The van der Waals surface area contributed by atoms with Gasteiger partial charge in [0.05, 0.1) is 12.7 Å². The van der Waals surface area contributed by atoms with E-state index in [9.17, 15) is 0 Å². The van der Waals surface area contributed by atoms with Gasteiger partial charge >= 0.3 is 0 Å². The Bertz CT molecular complexity index is 585. The predicted octanol–water partition coefficient (Wildman–Crippen LogP) is 1.90. The first-order valence-corrected chi connectivity index (χ1v) is 5.84. The van der Waals surface area contributed by atoms with Crippen LogP contribution in [0.3, 0.4) is 0 Å². The standard InChI is InChI=1S/C13H14N4O/c1-9-4-2-3-5-10(9)17-6-7-18-11-8-15-13(14)16-12(11)17/h2-5,8H,6-7H2,1H3,(H2,14,15,16). The van der Waals surface area contributed by atoms with E-state index in [0.29, 0.717) is 12.4 Å². The summed E-state index contributed by atoms with van der Waals surface area (Å²) >= 11 is 0. The molecule has 0 saturated heterocycles. The van der Waals surface area contributed by atoms with E-state index in [1.807, 2.05) is 12.1 Å². The number of ether oxygens (including phenoxy) is 1. The van der Waals surface area contributed by atoms with Crippen molar-refractivity contribution in [1.29, 1.82) is 0 Å². The normalized spacial score (nSPS) is 13.9. The summed E-state index contributed by atoms with van der Waals surface area (Å²) in [6.45, 7) is 3.46. The minimum Gasteiger partial charge on any atom is -0.486 e. The highest BCUT2D eigenvalue weighted by molar-refractivity contribution is 5.69. The SMILES string of the molecule is Cc1ccccc1N1CCOc2cnc(N)nc21. The molecule has 0 saturated carbocycles. The Labute approximate surface area is 105 Å². The molecule has 1 aliphatic rings. The summed E-state index contributed by atoms with van der Waals surface area (Å²) in [5.41, 5.74) is 7.98. The molecule has 0 bridgehead atoms. The van der Waals surface area contributed by atoms with Crippen molar-refractivity contribution in [2.24, 2.45) is 0 Å². The Kier molecular flexibility index (Phi) is 2.51. The Hall–Kier alpha value is -2.30. The molecule has 0 amide bonds. The van der Waals surface area contributed by atoms with E-state index in [2.05, 4.69) is 33.9 Å². The fraction of sp³-hybridized carbons (Fsp3) is 0.231. The van der Waals surface area contributed by atoms with Gasteiger partial charge in [-0.05, 0) is 18.6 Å². The first-order chi connectivity index (χ1) is 8.75. The van der Waals surface area contributed by atoms with E-state index < -0.39 is 0 Å². The topological polar surface area (TPSA) is 64.3 Å². The molecule has 92 valence electrons. The summed E-state index contributed by atoms with van der Waals surface area (Å²) in [6.07, 6.45) is 1.63. The van der Waals surface area contributed by atoms with E-state index in [0.717, 1.165) is 18.1 Å². The van der Waals surface area contributed by atoms with Crippen LogP contribution < -0.4 is 15.4 Å². The summed E-state index contributed by atoms with van der Waals surface area (Å²) in [5, 5.41) is 0. The van der Waals surface area contributed by atoms with Crippen LogP contribution in [0.5, 0.6) is 5.75 Å². The average Bonchev–Trinajstić information content (AvgIpc) is 2.39. The minimum absolute atomic E-state index is 0.262. The van der Waals surface area contributed by atoms with Crippen molar-refractivity contribution >= 4 is 17.5 Å². The second-order valence-electron chi connectivity index (χ2n) is 4.20. The van der Waals surface area contributed by atoms with Gasteiger partial charge in [-0.2, -0.15) is 4.98 Å². The lowest BCUT2D eigenvalue weighted by Crippen LogP contribution is -2.30. The van der Waals surface area contributed by atoms with Crippen LogP contribution in [0.15, 0.2) is 30.5 Å². The van der Waals surface area contributed by atoms with Crippen molar-refractivity contribution in [2.45, 2.75) is 6.92 Å². The van der Waals surface area contributed by atoms with E-state index in [-0.39, 0.29) is 5.95 Å². The van der Waals surface area contributed by atoms with Crippen LogP contribution in [-0.4, -0.2) is 23.1 Å². The molecule has 1 aromatic carbocycles. The van der Waals surface area contributed by atoms with Gasteiger partial charge < -0.3 is 15.4 Å². The zero-order valence-corrected chi connectivity index (χ0v) is 10.1. The first kappa shape index (κ1) is 10.8. The number of nitrogen functional groups attached to an aromatic ring is 1. The average molecular weight is 242 g/mol. The zero-order valence-electron chi connectivity index (χ0n) is 10.1. The van der Waals surface area contributed by atoms with Crippen molar-refractivity contribution in [3.05, 3.63) is 36.0 Å². The number of fused-ring (bicyclic) bond motifs is 1. The van der Waals surface area contributed by atoms with Gasteiger partial charge in [-0.3, -0.25) is 0 Å². The lowest BCUT2D eigenvalue weighted by atomic mass is 10.1. The zero-order chi connectivity index (χ0) is 12.5. The molecule has 5 heteroatoms. The van der Waals surface area contributed by atoms with Crippen LogP contribution >= 0.6 is 0 Å². The Morgan fingerprint density at radius 2 is 2.17 bits per heavy atom. The van der Waals surface area contributed by atoms with Gasteiger partial charge in [0.1, 0.15) is 6.61 Å². The number of anilines is 3. The Balaban J connectivity index is 2.11. The molecular weight excluding hydrogens is 228 g/mol. The van der Waals surface area contributed by atoms with Crippen LogP contribution in [0.2, 0.25) is 0 Å². The van der Waals surface area contributed by atoms with Crippen molar-refractivity contribution in [3.63, 3.8) is 0 Å². The summed E-state index contributed by atoms with van der Waals surface area (Å²) in [5.74, 6) is 1.68. The van der Waals surface area contributed by atoms with Gasteiger partial charge in [0.2, 0.25) is 5.95 Å². The molecule has 0 aliphatic carbocycles. The van der Waals surface area contributed by atoms with Crippen molar-refractivity contribution in [3.8, 4) is 5.75 Å². The number of nitrogens with zero attached hydrogens (tertiary/aromatic N) is 3. The fourth-order valence-corrected chi connectivity index (χ4v) is 2.12. The fourth-order valence-electron chi connectivity index (χ4n) is 2.12. The highest BCUT2D eigenvalue weighted by Gasteiger charge is 2.22. The molecule has 0 spiro atoms. The molecule has 0 radical (unpaired) electrons. The summed E-state index contributed by atoms with van der Waals surface area (Å²) in [6, 6.07) is 8.19. The number of hydrogen-bond donors (Lipinski definition) is 1. The van der Waals surface area contributed by atoms with E-state index in [1.165, 1.54) is 5.56 Å². The van der Waals surface area contributed by atoms with Gasteiger partial charge in [0.15, 0.2) is 11.6 Å². The lowest BCUT2D eigenvalue weighted by Gasteiger charge is -2.30. The molecular formula is C13H14N4O. The minimum atomic E-state index is 0.262. The quantitative estimate of drug-likeness (QED) is 0.827. The van der Waals surface area contributed by atoms with Crippen LogP contribution in [-0.2, 0) is 0 Å². The number of aryl methyl sites for hydroxylation is 1. The predicted molar refractivity (Wildman–Crippen MR) is 70.1 cm³/mol. The van der Waals surface area contributed by atoms with Crippen molar-refractivity contribution in [1.82, 2.24) is 9.97 Å². The maximum absolute atomic E-state index is 5.66. The van der Waals surface area contributed by atoms with E-state index >= 15 is 0 Å². The summed E-state index contributed by atoms with van der Waals surface area (Å²) in [4.78, 5) is 10.4. The van der Waals surface area contributed by atoms with Crippen LogP contribution in [0.25, 0.3) is 0 Å². The lowest BCUT2D eigenvalue weighted by molar-refractivity contribution is 0.310. The van der Waals surface area contributed by atoms with E-state index in [1.54, 1.807) is 6.20 Å². The molecule has 0 unspecified atom stereocenters. The third-order valence-electron chi connectivity index (χ3n) is 2.99. The maximum atomic E-state index is 5.66. The molecule has 5 nitrogen and oxygen atoms in total. The number of nitrogens with two attached hydrogens (primary N) is 1. The van der Waals surface area contributed by atoms with Gasteiger partial charge in [-0.1, -0.05) is 18.2 Å². The number of hydrogen-bond acceptors (Lipinski definition) is 5. The van der Waals surface area contributed by atoms with Gasteiger partial charge in [-0.15, -0.1) is 0 Å². The molecule has 1 aromatic heterocycles. The van der Waals surface area contributed by atoms with Crippen LogP contribution in [0, 0.1) is 6.92 Å². The molecule has 2 aromatic rings. The largest absolute Gasteiger partial charge is 0.486 e. The Morgan fingerprint density at radius 3 is 3.00 bits per heavy atom. The van der Waals surface area contributed by atoms with Gasteiger partial charge in [0.25, 0.3) is 0 Å². The maximum Gasteiger partial charge on any atom is 0.222 e. The van der Waals surface area contributed by atoms with Crippen LogP contribution in [0.4, 0.5) is 17.5 Å². The van der Waals surface area contributed by atoms with Gasteiger partial charge in [0, 0.05) is 5.69 Å². The van der Waals surface area contributed by atoms with Gasteiger partial charge in [-0.25, -0.2) is 4.98 Å². The molecule has 0 atom stereocenters. The summed E-state index contributed by atoms with van der Waals surface area (Å²) < 4.78 is 5.55. The molecule has 2 heterocycles. The number of aromatic nitrogens is 2. The van der Waals surface area contributed by atoms with Crippen molar-refractivity contribution in [2.75, 3.05) is 23.8 Å². The highest BCUT2D eigenvalue weighted by atomic mass is 16.5. The Morgan fingerprint density at radius 1 is 1.33 bits per heavy atom. The smallest absolute Gasteiger partial charge is 0.222 e. The van der Waals surface area contributed by atoms with Crippen molar-refractivity contribution < 1.29 is 4.74 Å². The van der Waals surface area contributed by atoms with Crippen LogP contribution in [0.1, 0.15) is 5.56 Å². The number of rotatable bonds is 1. The third kappa shape index (κ3) is 1.73. The molecule has 18 heavy (non-hydrogen) atoms. The number of para-hydroxylation sites is 1. The molecule has 0 fully saturated rings. The molecule has 1 aliphatic heterocycles. The second-order valence-corrected chi connectivity index (χ2v) is 4.20. The second kappa shape index (κ2) is 4.18. The highest BCUT2D eigenvalue weighted by Crippen LogP contribution is 2.35. The number of benzene rings is 1. The third-order valence-corrected chi connectivity index (χ3v) is 2.99. The monoisotopic (exact) mass is 242 g/mol. The molecule has 3 rings (SSSR count). The molecule has 2 N–H and O–H groups in total. The van der Waals surface area contributed by atoms with E-state index in [4.69, 9.17) is 10.5 Å². The summed E-state index contributed by atoms with van der Waals surface area (Å²) in [7, 11) is 0.